The van der Waals surface area contributed by atoms with Gasteiger partial charge in [0.05, 0.1) is 0 Å². The Morgan fingerprint density at radius 1 is 0.356 bits per heavy atom. The van der Waals surface area contributed by atoms with Crippen LogP contribution in [0, 0.1) is 0 Å². The van der Waals surface area contributed by atoms with Crippen molar-refractivity contribution < 1.29 is 28.6 Å². The van der Waals surface area contributed by atoms with Crippen LogP contribution in [0.3, 0.4) is 0 Å². The lowest BCUT2D eigenvalue weighted by molar-refractivity contribution is -0.167. The fraction of sp³-hybridized carbons (Fsp3) is 0.642. The first kappa shape index (κ1) is 55.3. The van der Waals surface area contributed by atoms with Gasteiger partial charge in [0, 0.05) is 19.3 Å². The number of hydrogen-bond acceptors (Lipinski definition) is 6. The minimum atomic E-state index is -0.810. The highest BCUT2D eigenvalue weighted by Gasteiger charge is 2.19. The number of ether oxygens (including phenoxy) is 3. The molecule has 0 aromatic carbocycles. The van der Waals surface area contributed by atoms with Crippen LogP contribution in [0.1, 0.15) is 201 Å². The van der Waals surface area contributed by atoms with Gasteiger partial charge in [-0.15, -0.1) is 0 Å². The molecule has 334 valence electrons. The second-order valence-corrected chi connectivity index (χ2v) is 15.2. The second kappa shape index (κ2) is 47.0. The Balaban J connectivity index is 4.51. The molecule has 0 N–H and O–H groups in total. The molecule has 0 aliphatic heterocycles. The van der Waals surface area contributed by atoms with E-state index in [9.17, 15) is 14.4 Å². The third-order valence-electron chi connectivity index (χ3n) is 9.55. The predicted molar refractivity (Wildman–Crippen MR) is 251 cm³/mol. The molecule has 0 heterocycles. The fourth-order valence-corrected chi connectivity index (χ4v) is 6.03. The van der Waals surface area contributed by atoms with Gasteiger partial charge >= 0.3 is 17.9 Å². The zero-order valence-corrected chi connectivity index (χ0v) is 38.0. The number of rotatable bonds is 41. The molecule has 0 aliphatic carbocycles. The summed E-state index contributed by atoms with van der Waals surface area (Å²) in [6.07, 6.45) is 61.0. The van der Waals surface area contributed by atoms with Gasteiger partial charge in [0.25, 0.3) is 0 Å². The second-order valence-electron chi connectivity index (χ2n) is 15.2. The van der Waals surface area contributed by atoms with Crippen molar-refractivity contribution in [2.45, 2.75) is 207 Å². The zero-order chi connectivity index (χ0) is 43.0. The summed E-state index contributed by atoms with van der Waals surface area (Å²) in [4.78, 5) is 37.8. The van der Waals surface area contributed by atoms with Gasteiger partial charge in [-0.05, 0) is 116 Å². The van der Waals surface area contributed by atoms with Crippen molar-refractivity contribution in [3.63, 3.8) is 0 Å². The SMILES string of the molecule is CC/C=C\C/C=C\C/C=C\CCCCCC(=O)OCC(COC(=O)CCCCCCC/C=C\C/C=C\CCCCC)OC(=O)CCCCC/C=C\C/C=C\C/C=C\CC. The Morgan fingerprint density at radius 2 is 0.661 bits per heavy atom. The van der Waals surface area contributed by atoms with E-state index in [0.29, 0.717) is 12.8 Å². The standard InChI is InChI=1S/C53H86O6/c1-4-7-10-13-16-19-22-25-26-29-31-34-37-40-43-46-52(55)58-49-50(59-53(56)47-44-41-38-35-32-28-24-21-18-15-12-9-6-3)48-57-51(54)45-42-39-36-33-30-27-23-20-17-14-11-8-5-2/h8-9,11-12,16-21,25-28,30,32,50H,4-7,10,13-15,22-24,29,31,33-49H2,1-3H3/b11-8-,12-9-,19-16-,20-17-,21-18-,26-25-,30-27-,32-28-. The molecule has 0 saturated heterocycles. The Hall–Kier alpha value is -3.67. The summed E-state index contributed by atoms with van der Waals surface area (Å²) in [6.45, 7) is 6.29. The molecule has 59 heavy (non-hydrogen) atoms. The number of allylic oxidation sites excluding steroid dienone is 16. The number of unbranched alkanes of at least 4 members (excludes halogenated alkanes) is 14. The van der Waals surface area contributed by atoms with Gasteiger partial charge < -0.3 is 14.2 Å². The van der Waals surface area contributed by atoms with Crippen LogP contribution in [0.5, 0.6) is 0 Å². The van der Waals surface area contributed by atoms with E-state index < -0.39 is 6.10 Å². The average molecular weight is 819 g/mol. The Morgan fingerprint density at radius 3 is 1.05 bits per heavy atom. The lowest BCUT2D eigenvalue weighted by Crippen LogP contribution is -2.30. The molecule has 1 atom stereocenters. The lowest BCUT2D eigenvalue weighted by atomic mass is 10.1. The summed E-state index contributed by atoms with van der Waals surface area (Å²) in [5, 5.41) is 0. The van der Waals surface area contributed by atoms with E-state index in [1.54, 1.807) is 0 Å². The topological polar surface area (TPSA) is 78.9 Å². The number of esters is 3. The zero-order valence-electron chi connectivity index (χ0n) is 38.0. The molecule has 0 aromatic heterocycles. The van der Waals surface area contributed by atoms with Crippen LogP contribution in [-0.2, 0) is 28.6 Å². The van der Waals surface area contributed by atoms with Crippen molar-refractivity contribution in [1.29, 1.82) is 0 Å². The first-order chi connectivity index (χ1) is 29.0. The Labute approximate surface area is 362 Å². The van der Waals surface area contributed by atoms with E-state index in [2.05, 4.69) is 118 Å². The third kappa shape index (κ3) is 45.3. The smallest absolute Gasteiger partial charge is 0.306 e. The van der Waals surface area contributed by atoms with Crippen molar-refractivity contribution in [3.05, 3.63) is 97.2 Å². The molecule has 0 radical (unpaired) electrons. The molecular weight excluding hydrogens is 733 g/mol. The summed E-state index contributed by atoms with van der Waals surface area (Å²) in [7, 11) is 0. The van der Waals surface area contributed by atoms with E-state index in [1.165, 1.54) is 25.7 Å². The van der Waals surface area contributed by atoms with Crippen LogP contribution >= 0.6 is 0 Å². The maximum atomic E-state index is 12.7. The van der Waals surface area contributed by atoms with Gasteiger partial charge in [0.1, 0.15) is 13.2 Å². The summed E-state index contributed by atoms with van der Waals surface area (Å²) in [6, 6.07) is 0. The van der Waals surface area contributed by atoms with Gasteiger partial charge in [-0.2, -0.15) is 0 Å². The third-order valence-corrected chi connectivity index (χ3v) is 9.55. The van der Waals surface area contributed by atoms with Crippen molar-refractivity contribution in [2.75, 3.05) is 13.2 Å². The van der Waals surface area contributed by atoms with Gasteiger partial charge in [0.2, 0.25) is 0 Å². The van der Waals surface area contributed by atoms with Crippen LogP contribution in [0.25, 0.3) is 0 Å². The van der Waals surface area contributed by atoms with E-state index in [1.807, 2.05) is 0 Å². The van der Waals surface area contributed by atoms with Crippen molar-refractivity contribution in [3.8, 4) is 0 Å². The minimum absolute atomic E-state index is 0.108. The molecule has 0 aromatic rings. The minimum Gasteiger partial charge on any atom is -0.462 e. The number of carbonyl (C=O) groups is 3. The molecule has 0 spiro atoms. The molecule has 0 aliphatic rings. The van der Waals surface area contributed by atoms with Crippen LogP contribution in [0.2, 0.25) is 0 Å². The van der Waals surface area contributed by atoms with Gasteiger partial charge in [-0.1, -0.05) is 163 Å². The molecule has 0 bridgehead atoms. The fourth-order valence-electron chi connectivity index (χ4n) is 6.03. The van der Waals surface area contributed by atoms with Gasteiger partial charge in [-0.25, -0.2) is 0 Å². The van der Waals surface area contributed by atoms with Crippen molar-refractivity contribution >= 4 is 17.9 Å². The first-order valence-corrected chi connectivity index (χ1v) is 23.7. The molecule has 0 amide bonds. The quantitative estimate of drug-likeness (QED) is 0.0265. The summed E-state index contributed by atoms with van der Waals surface area (Å²) in [5.74, 6) is -0.989. The van der Waals surface area contributed by atoms with Crippen molar-refractivity contribution in [2.24, 2.45) is 0 Å². The largest absolute Gasteiger partial charge is 0.462 e. The molecule has 0 fully saturated rings. The van der Waals surface area contributed by atoms with Crippen LogP contribution in [-0.4, -0.2) is 37.2 Å². The maximum absolute atomic E-state index is 12.7. The highest BCUT2D eigenvalue weighted by atomic mass is 16.6. The summed E-state index contributed by atoms with van der Waals surface area (Å²) < 4.78 is 16.7. The average Bonchev–Trinajstić information content (AvgIpc) is 3.23. The normalized spacial score (nSPS) is 12.9. The van der Waals surface area contributed by atoms with Crippen LogP contribution in [0.4, 0.5) is 0 Å². The van der Waals surface area contributed by atoms with Crippen LogP contribution < -0.4 is 0 Å². The van der Waals surface area contributed by atoms with Crippen LogP contribution in [0.15, 0.2) is 97.2 Å². The number of hydrogen-bond donors (Lipinski definition) is 0. The van der Waals surface area contributed by atoms with E-state index in [4.69, 9.17) is 14.2 Å². The highest BCUT2D eigenvalue weighted by molar-refractivity contribution is 5.71. The monoisotopic (exact) mass is 819 g/mol. The predicted octanol–water partition coefficient (Wildman–Crippen LogP) is 15.4. The summed E-state index contributed by atoms with van der Waals surface area (Å²) >= 11 is 0. The molecule has 1 unspecified atom stereocenters. The summed E-state index contributed by atoms with van der Waals surface area (Å²) in [5.41, 5.74) is 0. The van der Waals surface area contributed by atoms with Crippen molar-refractivity contribution in [1.82, 2.24) is 0 Å². The Bertz CT molecular complexity index is 1220. The molecular formula is C53H86O6. The van der Waals surface area contributed by atoms with Gasteiger partial charge in [-0.3, -0.25) is 14.4 Å². The first-order valence-electron chi connectivity index (χ1n) is 23.7. The van der Waals surface area contributed by atoms with E-state index >= 15 is 0 Å². The van der Waals surface area contributed by atoms with E-state index in [0.717, 1.165) is 135 Å². The Kier molecular flexibility index (Phi) is 44.1. The molecule has 6 heteroatoms. The van der Waals surface area contributed by atoms with E-state index in [-0.39, 0.29) is 37.5 Å². The van der Waals surface area contributed by atoms with Gasteiger partial charge in [0.15, 0.2) is 6.10 Å². The lowest BCUT2D eigenvalue weighted by Gasteiger charge is -2.18. The molecule has 6 nitrogen and oxygen atoms in total. The molecule has 0 rings (SSSR count). The maximum Gasteiger partial charge on any atom is 0.306 e. The molecule has 0 saturated carbocycles. The highest BCUT2D eigenvalue weighted by Crippen LogP contribution is 2.12. The number of carbonyl (C=O) groups excluding carboxylic acids is 3.